The van der Waals surface area contributed by atoms with E-state index < -0.39 is 62.6 Å². The van der Waals surface area contributed by atoms with Gasteiger partial charge in [-0.05, 0) is 0 Å². The molecule has 0 unspecified atom stereocenters. The topological polar surface area (TPSA) is 132 Å². The zero-order valence-electron chi connectivity index (χ0n) is 15.0. The molecular formula is C16H16O10S. The van der Waals surface area contributed by atoms with Crippen molar-refractivity contribution in [3.8, 4) is 0 Å². The number of benzene rings is 1. The lowest BCUT2D eigenvalue weighted by Crippen LogP contribution is -2.27. The van der Waals surface area contributed by atoms with Crippen molar-refractivity contribution >= 4 is 42.5 Å². The van der Waals surface area contributed by atoms with Crippen LogP contribution in [0.2, 0.25) is 0 Å². The van der Waals surface area contributed by atoms with E-state index in [-0.39, 0.29) is 0 Å². The predicted molar refractivity (Wildman–Crippen MR) is 90.4 cm³/mol. The van der Waals surface area contributed by atoms with Crippen molar-refractivity contribution in [2.24, 2.45) is 0 Å². The molecule has 0 aromatic heterocycles. The minimum Gasteiger partial charge on any atom is -0.465 e. The van der Waals surface area contributed by atoms with Gasteiger partial charge in [-0.3, -0.25) is 0 Å². The minimum atomic E-state index is -1.21. The average molecular weight is 400 g/mol. The second-order valence-corrected chi connectivity index (χ2v) is 5.13. The third-order valence-corrected chi connectivity index (χ3v) is 3.87. The first kappa shape index (κ1) is 22.0. The smallest absolute Gasteiger partial charge is 0.339 e. The molecule has 27 heavy (non-hydrogen) atoms. The maximum atomic E-state index is 12.4. The van der Waals surface area contributed by atoms with Gasteiger partial charge >= 0.3 is 29.8 Å². The molecule has 0 aliphatic heterocycles. The lowest BCUT2D eigenvalue weighted by molar-refractivity contribution is 0.0506. The highest BCUT2D eigenvalue weighted by Gasteiger charge is 2.39. The van der Waals surface area contributed by atoms with Crippen molar-refractivity contribution in [3.05, 3.63) is 27.8 Å². The van der Waals surface area contributed by atoms with Crippen LogP contribution < -0.4 is 0 Å². The van der Waals surface area contributed by atoms with Gasteiger partial charge in [-0.25, -0.2) is 24.0 Å². The van der Waals surface area contributed by atoms with Gasteiger partial charge in [0, 0.05) is 4.90 Å². The van der Waals surface area contributed by atoms with Crippen molar-refractivity contribution in [3.63, 3.8) is 0 Å². The number of rotatable bonds is 5. The summed E-state index contributed by atoms with van der Waals surface area (Å²) in [7, 11) is 4.93. The first-order valence-electron chi connectivity index (χ1n) is 7.06. The van der Waals surface area contributed by atoms with Crippen molar-refractivity contribution < 1.29 is 47.7 Å². The Balaban J connectivity index is 4.35. The summed E-state index contributed by atoms with van der Waals surface area (Å²) in [5.41, 5.74) is -3.24. The molecule has 1 aromatic carbocycles. The molecule has 1 aromatic rings. The molecular weight excluding hydrogens is 384 g/mol. The van der Waals surface area contributed by atoms with Crippen molar-refractivity contribution in [2.45, 2.75) is 4.90 Å². The number of hydrogen-bond acceptors (Lipinski definition) is 11. The average Bonchev–Trinajstić information content (AvgIpc) is 2.69. The van der Waals surface area contributed by atoms with Crippen molar-refractivity contribution in [1.29, 1.82) is 0 Å². The van der Waals surface area contributed by atoms with E-state index in [1.54, 1.807) is 0 Å². The quantitative estimate of drug-likeness (QED) is 0.432. The first-order chi connectivity index (χ1) is 12.7. The van der Waals surface area contributed by atoms with Gasteiger partial charge in [-0.15, -0.1) is 12.6 Å². The highest BCUT2D eigenvalue weighted by molar-refractivity contribution is 7.80. The molecule has 10 nitrogen and oxygen atoms in total. The lowest BCUT2D eigenvalue weighted by atomic mass is 9.90. The Bertz CT molecular complexity index is 770. The van der Waals surface area contributed by atoms with E-state index in [4.69, 9.17) is 0 Å². The number of thiol groups is 1. The molecule has 0 fully saturated rings. The number of esters is 5. The van der Waals surface area contributed by atoms with Gasteiger partial charge in [0.15, 0.2) is 0 Å². The maximum absolute atomic E-state index is 12.4. The fraction of sp³-hybridized carbons (Fsp3) is 0.312. The molecule has 1 rings (SSSR count). The van der Waals surface area contributed by atoms with Gasteiger partial charge in [0.2, 0.25) is 0 Å². The number of ether oxygens (including phenoxy) is 5. The predicted octanol–water partition coefficient (Wildman–Crippen LogP) is 0.908. The van der Waals surface area contributed by atoms with Gasteiger partial charge in [0.25, 0.3) is 0 Å². The van der Waals surface area contributed by atoms with Crippen molar-refractivity contribution in [2.75, 3.05) is 35.5 Å². The largest absolute Gasteiger partial charge is 0.465 e. The van der Waals surface area contributed by atoms with Crippen LogP contribution in [0.4, 0.5) is 0 Å². The lowest BCUT2D eigenvalue weighted by Gasteiger charge is -2.19. The highest BCUT2D eigenvalue weighted by Crippen LogP contribution is 2.34. The maximum Gasteiger partial charge on any atom is 0.339 e. The second kappa shape index (κ2) is 9.03. The summed E-state index contributed by atoms with van der Waals surface area (Å²) in [6.45, 7) is 0. The van der Waals surface area contributed by atoms with E-state index >= 15 is 0 Å². The molecule has 0 aliphatic rings. The Morgan fingerprint density at radius 2 is 0.667 bits per heavy atom. The summed E-state index contributed by atoms with van der Waals surface area (Å²) in [5.74, 6) is -5.79. The Morgan fingerprint density at radius 1 is 0.481 bits per heavy atom. The van der Waals surface area contributed by atoms with Gasteiger partial charge < -0.3 is 23.7 Å². The Hall–Kier alpha value is -3.08. The molecule has 0 saturated carbocycles. The summed E-state index contributed by atoms with van der Waals surface area (Å²) in [6, 6.07) is 0. The third-order valence-electron chi connectivity index (χ3n) is 3.42. The molecule has 0 bridgehead atoms. The number of carbonyl (C=O) groups excluding carboxylic acids is 5. The van der Waals surface area contributed by atoms with Crippen LogP contribution in [-0.2, 0) is 23.7 Å². The molecule has 0 amide bonds. The van der Waals surface area contributed by atoms with Crippen LogP contribution in [-0.4, -0.2) is 65.4 Å². The second-order valence-electron chi connectivity index (χ2n) is 4.68. The van der Waals surface area contributed by atoms with E-state index in [0.717, 1.165) is 35.5 Å². The summed E-state index contributed by atoms with van der Waals surface area (Å²) < 4.78 is 23.0. The molecule has 0 atom stereocenters. The molecule has 0 heterocycles. The third kappa shape index (κ3) is 3.87. The van der Waals surface area contributed by atoms with Gasteiger partial charge in [-0.2, -0.15) is 0 Å². The van der Waals surface area contributed by atoms with Crippen LogP contribution in [0.1, 0.15) is 51.8 Å². The Kier molecular flexibility index (Phi) is 7.35. The fourth-order valence-electron chi connectivity index (χ4n) is 2.26. The van der Waals surface area contributed by atoms with Gasteiger partial charge in [-0.1, -0.05) is 0 Å². The van der Waals surface area contributed by atoms with Gasteiger partial charge in [0.1, 0.15) is 0 Å². The van der Waals surface area contributed by atoms with E-state index in [1.165, 1.54) is 0 Å². The van der Waals surface area contributed by atoms with Crippen LogP contribution in [0.5, 0.6) is 0 Å². The Labute approximate surface area is 159 Å². The highest BCUT2D eigenvalue weighted by atomic mass is 32.1. The molecule has 0 aliphatic carbocycles. The SMILES string of the molecule is COC(=O)c1c(S)c(C(=O)OC)c(C(=O)OC)c(C(=O)OC)c1C(=O)OC. The monoisotopic (exact) mass is 400 g/mol. The normalized spacial score (nSPS) is 9.85. The molecule has 0 saturated heterocycles. The fourth-order valence-corrected chi connectivity index (χ4v) is 2.66. The zero-order valence-corrected chi connectivity index (χ0v) is 15.9. The summed E-state index contributed by atoms with van der Waals surface area (Å²) >= 11 is 4.08. The van der Waals surface area contributed by atoms with Crippen LogP contribution in [0, 0.1) is 0 Å². The number of methoxy groups -OCH3 is 5. The van der Waals surface area contributed by atoms with Crippen LogP contribution >= 0.6 is 12.6 Å². The standard InChI is InChI=1S/C16H16O10S/c1-22-12(17)6-7(13(18)23-2)9(15(20)25-4)11(27)10(16(21)26-5)8(6)14(19)24-3/h27H,1-5H3. The molecule has 146 valence electrons. The molecule has 11 heteroatoms. The number of hydrogen-bond donors (Lipinski definition) is 1. The molecule has 0 radical (unpaired) electrons. The van der Waals surface area contributed by atoms with E-state index in [1.807, 2.05) is 0 Å². The van der Waals surface area contributed by atoms with E-state index in [0.29, 0.717) is 0 Å². The van der Waals surface area contributed by atoms with Crippen LogP contribution in [0.15, 0.2) is 4.90 Å². The Morgan fingerprint density at radius 3 is 0.889 bits per heavy atom. The molecule has 0 spiro atoms. The summed E-state index contributed by atoms with van der Waals surface area (Å²) in [4.78, 5) is 61.1. The van der Waals surface area contributed by atoms with E-state index in [2.05, 4.69) is 36.3 Å². The molecule has 0 N–H and O–H groups in total. The van der Waals surface area contributed by atoms with Crippen LogP contribution in [0.3, 0.4) is 0 Å². The van der Waals surface area contributed by atoms with Crippen LogP contribution in [0.25, 0.3) is 0 Å². The van der Waals surface area contributed by atoms with Gasteiger partial charge in [0.05, 0.1) is 63.4 Å². The van der Waals surface area contributed by atoms with E-state index in [9.17, 15) is 24.0 Å². The zero-order chi connectivity index (χ0) is 20.9. The summed E-state index contributed by atoms with van der Waals surface area (Å²) in [6.07, 6.45) is 0. The first-order valence-corrected chi connectivity index (χ1v) is 7.50. The number of carbonyl (C=O) groups is 5. The van der Waals surface area contributed by atoms with Crippen molar-refractivity contribution in [1.82, 2.24) is 0 Å². The minimum absolute atomic E-state index is 0.442. The summed E-state index contributed by atoms with van der Waals surface area (Å²) in [5, 5.41) is 0.